The minimum Gasteiger partial charge on any atom is -0.377 e. The monoisotopic (exact) mass is 424 g/mol. The number of unbranched alkanes of at least 4 members (excludes halogenated alkanes) is 13. The summed E-state index contributed by atoms with van der Waals surface area (Å²) >= 11 is 0. The van der Waals surface area contributed by atoms with Gasteiger partial charge in [0, 0.05) is 6.42 Å². The molecule has 0 saturated heterocycles. The van der Waals surface area contributed by atoms with Gasteiger partial charge in [0.05, 0.1) is 5.92 Å². The third-order valence-corrected chi connectivity index (χ3v) is 6.11. The first-order chi connectivity index (χ1) is 14.4. The van der Waals surface area contributed by atoms with Crippen molar-refractivity contribution in [2.24, 2.45) is 11.7 Å². The van der Waals surface area contributed by atoms with Crippen molar-refractivity contribution >= 4 is 11.8 Å². The average Bonchev–Trinajstić information content (AvgIpc) is 2.71. The van der Waals surface area contributed by atoms with Gasteiger partial charge in [0.25, 0.3) is 0 Å². The van der Waals surface area contributed by atoms with Crippen molar-refractivity contribution < 1.29 is 14.7 Å². The molecule has 0 aliphatic heterocycles. The fourth-order valence-electron chi connectivity index (χ4n) is 3.89. The highest BCUT2D eigenvalue weighted by molar-refractivity contribution is 5.86. The van der Waals surface area contributed by atoms with Gasteiger partial charge in [-0.05, 0) is 26.7 Å². The van der Waals surface area contributed by atoms with Gasteiger partial charge in [0.2, 0.25) is 11.8 Å². The first-order valence-electron chi connectivity index (χ1n) is 12.3. The van der Waals surface area contributed by atoms with Crippen molar-refractivity contribution in [2.45, 2.75) is 124 Å². The fourth-order valence-corrected chi connectivity index (χ4v) is 3.89. The van der Waals surface area contributed by atoms with Crippen LogP contribution in [-0.2, 0) is 9.59 Å². The number of carbonyl (C=O) groups is 2. The largest absolute Gasteiger partial charge is 0.377 e. The van der Waals surface area contributed by atoms with Crippen LogP contribution in [0.4, 0.5) is 0 Å². The Kier molecular flexibility index (Phi) is 18.7. The van der Waals surface area contributed by atoms with E-state index in [1.807, 2.05) is 13.8 Å². The molecule has 0 bridgehead atoms. The predicted molar refractivity (Wildman–Crippen MR) is 126 cm³/mol. The second kappa shape index (κ2) is 19.6. The predicted octanol–water partition coefficient (Wildman–Crippen LogP) is 5.75. The molecule has 2 amide bonds. The van der Waals surface area contributed by atoms with E-state index >= 15 is 0 Å². The number of nitrogens with one attached hydrogen (secondary N) is 1. The summed E-state index contributed by atoms with van der Waals surface area (Å²) in [6.07, 6.45) is 19.7. The lowest BCUT2D eigenvalue weighted by molar-refractivity contribution is -0.128. The molecule has 0 aliphatic rings. The average molecular weight is 425 g/mol. The molecule has 1 atom stereocenters. The summed E-state index contributed by atoms with van der Waals surface area (Å²) in [4.78, 5) is 23.4. The van der Waals surface area contributed by atoms with E-state index in [1.54, 1.807) is 0 Å². The van der Waals surface area contributed by atoms with E-state index < -0.39 is 18.6 Å². The molecule has 0 heterocycles. The molecule has 5 heteroatoms. The van der Waals surface area contributed by atoms with Gasteiger partial charge in [-0.1, -0.05) is 102 Å². The second-order valence-corrected chi connectivity index (χ2v) is 8.73. The van der Waals surface area contributed by atoms with Crippen LogP contribution in [0.25, 0.3) is 0 Å². The number of primary amides is 1. The third kappa shape index (κ3) is 15.5. The van der Waals surface area contributed by atoms with Gasteiger partial charge in [0.1, 0.15) is 6.73 Å². The number of carbonyl (C=O) groups excluding carboxylic acids is 2. The van der Waals surface area contributed by atoms with Crippen LogP contribution in [0.15, 0.2) is 11.1 Å². The van der Waals surface area contributed by atoms with E-state index in [2.05, 4.69) is 12.2 Å². The summed E-state index contributed by atoms with van der Waals surface area (Å²) in [6, 6.07) is 0. The lowest BCUT2D eigenvalue weighted by Gasteiger charge is -2.17. The van der Waals surface area contributed by atoms with E-state index in [0.29, 0.717) is 0 Å². The van der Waals surface area contributed by atoms with E-state index in [0.717, 1.165) is 24.0 Å². The number of aliphatic hydroxyl groups is 1. The summed E-state index contributed by atoms with van der Waals surface area (Å²) in [7, 11) is 0. The molecule has 0 aliphatic carbocycles. The Morgan fingerprint density at radius 1 is 0.800 bits per heavy atom. The van der Waals surface area contributed by atoms with Crippen molar-refractivity contribution in [3.05, 3.63) is 11.1 Å². The molecule has 1 unspecified atom stereocenters. The number of nitrogens with two attached hydrogens (primary N) is 1. The molecular formula is C25H48N2O3. The van der Waals surface area contributed by atoms with Crippen LogP contribution in [0.3, 0.4) is 0 Å². The highest BCUT2D eigenvalue weighted by Crippen LogP contribution is 2.23. The summed E-state index contributed by atoms with van der Waals surface area (Å²) in [5, 5.41) is 11.1. The number of aliphatic hydroxyl groups excluding tert-OH is 1. The Hall–Kier alpha value is -1.36. The third-order valence-electron chi connectivity index (χ3n) is 6.11. The fraction of sp³-hybridized carbons (Fsp3) is 0.840. The Morgan fingerprint density at radius 3 is 1.63 bits per heavy atom. The molecule has 0 radical (unpaired) electrons. The van der Waals surface area contributed by atoms with Crippen molar-refractivity contribution in [1.29, 1.82) is 0 Å². The minimum absolute atomic E-state index is 0.00218. The van der Waals surface area contributed by atoms with Gasteiger partial charge in [-0.2, -0.15) is 0 Å². The van der Waals surface area contributed by atoms with E-state index in [4.69, 9.17) is 10.8 Å². The molecule has 0 aromatic rings. The van der Waals surface area contributed by atoms with Crippen LogP contribution in [0.2, 0.25) is 0 Å². The Bertz CT molecular complexity index is 489. The normalized spacial score (nSPS) is 13.1. The van der Waals surface area contributed by atoms with Gasteiger partial charge in [0.15, 0.2) is 0 Å². The molecule has 176 valence electrons. The molecule has 0 aromatic heterocycles. The Morgan fingerprint density at radius 2 is 1.23 bits per heavy atom. The molecule has 0 rings (SSSR count). The Labute approximate surface area is 185 Å². The number of amides is 2. The maximum Gasteiger partial charge on any atom is 0.225 e. The van der Waals surface area contributed by atoms with E-state index in [-0.39, 0.29) is 12.3 Å². The molecule has 5 nitrogen and oxygen atoms in total. The molecule has 0 spiro atoms. The SMILES string of the molecule is CCCCCCCCCCCCCCCC/C(C)=C(\C)C(CC(=O)NCO)C(N)=O. The van der Waals surface area contributed by atoms with Crippen molar-refractivity contribution in [2.75, 3.05) is 6.73 Å². The Balaban J connectivity index is 3.85. The number of hydrogen-bond donors (Lipinski definition) is 3. The van der Waals surface area contributed by atoms with Crippen molar-refractivity contribution in [3.63, 3.8) is 0 Å². The first-order valence-corrected chi connectivity index (χ1v) is 12.3. The van der Waals surface area contributed by atoms with Crippen molar-refractivity contribution in [1.82, 2.24) is 5.32 Å². The molecule has 30 heavy (non-hydrogen) atoms. The van der Waals surface area contributed by atoms with Gasteiger partial charge < -0.3 is 16.2 Å². The van der Waals surface area contributed by atoms with Crippen LogP contribution >= 0.6 is 0 Å². The number of allylic oxidation sites excluding steroid dienone is 1. The van der Waals surface area contributed by atoms with Crippen LogP contribution in [0, 0.1) is 5.92 Å². The van der Waals surface area contributed by atoms with Crippen LogP contribution in [0.5, 0.6) is 0 Å². The zero-order valence-corrected chi connectivity index (χ0v) is 19.9. The van der Waals surface area contributed by atoms with Crippen molar-refractivity contribution in [3.8, 4) is 0 Å². The lowest BCUT2D eigenvalue weighted by Crippen LogP contribution is -2.32. The molecule has 0 aromatic carbocycles. The van der Waals surface area contributed by atoms with Crippen LogP contribution < -0.4 is 11.1 Å². The molecule has 4 N–H and O–H groups in total. The summed E-state index contributed by atoms with van der Waals surface area (Å²) < 4.78 is 0. The molecule has 0 saturated carbocycles. The highest BCUT2D eigenvalue weighted by atomic mass is 16.3. The minimum atomic E-state index is -0.594. The number of hydrogen-bond acceptors (Lipinski definition) is 3. The first kappa shape index (κ1) is 28.6. The molecular weight excluding hydrogens is 376 g/mol. The molecule has 0 fully saturated rings. The summed E-state index contributed by atoms with van der Waals surface area (Å²) in [5.74, 6) is -1.44. The zero-order chi connectivity index (χ0) is 22.6. The van der Waals surface area contributed by atoms with Crippen LogP contribution in [0.1, 0.15) is 124 Å². The second-order valence-electron chi connectivity index (χ2n) is 8.73. The maximum atomic E-state index is 11.7. The maximum absolute atomic E-state index is 11.7. The lowest BCUT2D eigenvalue weighted by atomic mass is 9.90. The van der Waals surface area contributed by atoms with Crippen LogP contribution in [-0.4, -0.2) is 23.7 Å². The number of rotatable bonds is 20. The van der Waals surface area contributed by atoms with E-state index in [1.165, 1.54) is 83.5 Å². The van der Waals surface area contributed by atoms with Gasteiger partial charge in [-0.25, -0.2) is 0 Å². The quantitative estimate of drug-likeness (QED) is 0.132. The summed E-state index contributed by atoms with van der Waals surface area (Å²) in [6.45, 7) is 5.76. The topological polar surface area (TPSA) is 92.4 Å². The van der Waals surface area contributed by atoms with Gasteiger partial charge >= 0.3 is 0 Å². The van der Waals surface area contributed by atoms with Gasteiger partial charge in [-0.15, -0.1) is 0 Å². The highest BCUT2D eigenvalue weighted by Gasteiger charge is 2.22. The van der Waals surface area contributed by atoms with Gasteiger partial charge in [-0.3, -0.25) is 9.59 Å². The van der Waals surface area contributed by atoms with E-state index in [9.17, 15) is 9.59 Å². The zero-order valence-electron chi connectivity index (χ0n) is 19.9. The standard InChI is InChI=1S/C25H48N2O3/c1-4-5-6-7-8-9-10-11-12-13-14-15-16-17-18-21(2)22(3)23(25(26)30)19-24(29)27-20-28/h23,28H,4-20H2,1-3H3,(H2,26,30)(H,27,29)/b22-21+. The smallest absolute Gasteiger partial charge is 0.225 e. The summed E-state index contributed by atoms with van der Waals surface area (Å²) in [5.41, 5.74) is 7.53.